The SMILES string of the molecule is Cc1cc(=O)c(O)c(C(=O)N2CCOCC2)n1C1CC1. The molecule has 0 aromatic carbocycles. The fourth-order valence-electron chi connectivity index (χ4n) is 2.66. The zero-order chi connectivity index (χ0) is 14.3. The summed E-state index contributed by atoms with van der Waals surface area (Å²) < 4.78 is 7.04. The number of aromatic hydroxyl groups is 1. The highest BCUT2D eigenvalue weighted by molar-refractivity contribution is 5.95. The van der Waals surface area contributed by atoms with Gasteiger partial charge in [0.1, 0.15) is 0 Å². The third-order valence-electron chi connectivity index (χ3n) is 3.83. The quantitative estimate of drug-likeness (QED) is 0.863. The van der Waals surface area contributed by atoms with Crippen molar-refractivity contribution in [1.82, 2.24) is 9.47 Å². The molecular weight excluding hydrogens is 260 g/mol. The van der Waals surface area contributed by atoms with E-state index in [9.17, 15) is 14.7 Å². The third kappa shape index (κ3) is 2.20. The first-order valence-corrected chi connectivity index (χ1v) is 6.91. The number of ether oxygens (including phenoxy) is 1. The molecule has 1 aliphatic carbocycles. The number of aromatic nitrogens is 1. The minimum absolute atomic E-state index is 0.138. The number of carbonyl (C=O) groups is 1. The molecule has 1 saturated heterocycles. The van der Waals surface area contributed by atoms with E-state index in [0.717, 1.165) is 18.5 Å². The average molecular weight is 278 g/mol. The van der Waals surface area contributed by atoms with Gasteiger partial charge in [-0.1, -0.05) is 0 Å². The number of pyridine rings is 1. The molecule has 2 aliphatic rings. The van der Waals surface area contributed by atoms with Gasteiger partial charge in [0.05, 0.1) is 13.2 Å². The molecule has 1 aliphatic heterocycles. The smallest absolute Gasteiger partial charge is 0.274 e. The van der Waals surface area contributed by atoms with E-state index in [1.54, 1.807) is 11.8 Å². The number of morpholine rings is 1. The summed E-state index contributed by atoms with van der Waals surface area (Å²) in [5.41, 5.74) is 0.377. The molecule has 1 N–H and O–H groups in total. The fraction of sp³-hybridized carbons (Fsp3) is 0.571. The Labute approximate surface area is 116 Å². The van der Waals surface area contributed by atoms with Crippen LogP contribution in [0.25, 0.3) is 0 Å². The summed E-state index contributed by atoms with van der Waals surface area (Å²) in [5, 5.41) is 10.1. The number of carbonyl (C=O) groups excluding carboxylic acids is 1. The van der Waals surface area contributed by atoms with Crippen molar-refractivity contribution in [2.45, 2.75) is 25.8 Å². The summed E-state index contributed by atoms with van der Waals surface area (Å²) in [6, 6.07) is 1.62. The van der Waals surface area contributed by atoms with Crippen molar-refractivity contribution in [2.75, 3.05) is 26.3 Å². The topological polar surface area (TPSA) is 71.8 Å². The Bertz CT molecular complexity index is 598. The molecule has 0 spiro atoms. The molecule has 108 valence electrons. The third-order valence-corrected chi connectivity index (χ3v) is 3.83. The first-order chi connectivity index (χ1) is 9.59. The first kappa shape index (κ1) is 13.2. The van der Waals surface area contributed by atoms with Gasteiger partial charge in [0.25, 0.3) is 5.91 Å². The van der Waals surface area contributed by atoms with Gasteiger partial charge in [-0.05, 0) is 19.8 Å². The normalized spacial score (nSPS) is 19.1. The highest BCUT2D eigenvalue weighted by Crippen LogP contribution is 2.38. The summed E-state index contributed by atoms with van der Waals surface area (Å²) >= 11 is 0. The minimum Gasteiger partial charge on any atom is -0.503 e. The van der Waals surface area contributed by atoms with E-state index in [2.05, 4.69) is 0 Å². The van der Waals surface area contributed by atoms with Crippen molar-refractivity contribution in [3.63, 3.8) is 0 Å². The van der Waals surface area contributed by atoms with Gasteiger partial charge in [-0.15, -0.1) is 0 Å². The Morgan fingerprint density at radius 1 is 1.35 bits per heavy atom. The van der Waals surface area contributed by atoms with Gasteiger partial charge in [-0.2, -0.15) is 0 Å². The van der Waals surface area contributed by atoms with Crippen LogP contribution in [0.5, 0.6) is 5.75 Å². The summed E-state index contributed by atoms with van der Waals surface area (Å²) in [6.07, 6.45) is 1.96. The minimum atomic E-state index is -0.490. The average Bonchev–Trinajstić information content (AvgIpc) is 3.27. The van der Waals surface area contributed by atoms with Crippen molar-refractivity contribution in [1.29, 1.82) is 0 Å². The highest BCUT2D eigenvalue weighted by Gasteiger charge is 2.33. The van der Waals surface area contributed by atoms with Gasteiger partial charge in [0, 0.05) is 30.9 Å². The van der Waals surface area contributed by atoms with Crippen LogP contribution in [-0.4, -0.2) is 46.8 Å². The van der Waals surface area contributed by atoms with Crippen LogP contribution in [0.4, 0.5) is 0 Å². The molecule has 20 heavy (non-hydrogen) atoms. The zero-order valence-electron chi connectivity index (χ0n) is 11.5. The van der Waals surface area contributed by atoms with E-state index in [0.29, 0.717) is 26.3 Å². The van der Waals surface area contributed by atoms with Crippen LogP contribution in [0.1, 0.15) is 35.1 Å². The number of amides is 1. The van der Waals surface area contributed by atoms with Crippen molar-refractivity contribution >= 4 is 5.91 Å². The van der Waals surface area contributed by atoms with Crippen LogP contribution in [0, 0.1) is 6.92 Å². The lowest BCUT2D eigenvalue weighted by molar-refractivity contribution is 0.0292. The predicted molar refractivity (Wildman–Crippen MR) is 72.1 cm³/mol. The van der Waals surface area contributed by atoms with E-state index < -0.39 is 11.2 Å². The number of hydrogen-bond donors (Lipinski definition) is 1. The van der Waals surface area contributed by atoms with Crippen molar-refractivity contribution in [2.24, 2.45) is 0 Å². The summed E-state index contributed by atoms with van der Waals surface area (Å²) in [7, 11) is 0. The summed E-state index contributed by atoms with van der Waals surface area (Å²) in [6.45, 7) is 3.77. The molecule has 1 aromatic heterocycles. The van der Waals surface area contributed by atoms with Crippen LogP contribution >= 0.6 is 0 Å². The highest BCUT2D eigenvalue weighted by atomic mass is 16.5. The Morgan fingerprint density at radius 2 is 2.00 bits per heavy atom. The van der Waals surface area contributed by atoms with Crippen molar-refractivity contribution in [3.05, 3.63) is 27.7 Å². The van der Waals surface area contributed by atoms with Gasteiger partial charge in [0.2, 0.25) is 5.43 Å². The number of nitrogens with zero attached hydrogens (tertiary/aromatic N) is 2. The molecule has 6 heteroatoms. The molecular formula is C14H18N2O4. The molecule has 1 saturated carbocycles. The van der Waals surface area contributed by atoms with E-state index in [4.69, 9.17) is 4.74 Å². The Morgan fingerprint density at radius 3 is 2.60 bits per heavy atom. The monoisotopic (exact) mass is 278 g/mol. The van der Waals surface area contributed by atoms with Gasteiger partial charge >= 0.3 is 0 Å². The number of rotatable bonds is 2. The lowest BCUT2D eigenvalue weighted by Crippen LogP contribution is -2.42. The molecule has 6 nitrogen and oxygen atoms in total. The lowest BCUT2D eigenvalue weighted by atomic mass is 10.2. The second kappa shape index (κ2) is 4.94. The molecule has 3 rings (SSSR count). The maximum absolute atomic E-state index is 12.6. The number of aryl methyl sites for hydroxylation is 1. The van der Waals surface area contributed by atoms with E-state index in [1.807, 2.05) is 4.57 Å². The van der Waals surface area contributed by atoms with E-state index in [1.165, 1.54) is 6.07 Å². The maximum atomic E-state index is 12.6. The largest absolute Gasteiger partial charge is 0.503 e. The summed E-state index contributed by atoms with van der Waals surface area (Å²) in [4.78, 5) is 26.0. The van der Waals surface area contributed by atoms with Gasteiger partial charge in [0.15, 0.2) is 11.4 Å². The molecule has 2 heterocycles. The van der Waals surface area contributed by atoms with Crippen LogP contribution in [0.3, 0.4) is 0 Å². The molecule has 0 radical (unpaired) electrons. The van der Waals surface area contributed by atoms with Crippen LogP contribution < -0.4 is 5.43 Å². The van der Waals surface area contributed by atoms with Crippen molar-refractivity contribution in [3.8, 4) is 5.75 Å². The number of hydrogen-bond acceptors (Lipinski definition) is 4. The van der Waals surface area contributed by atoms with Crippen LogP contribution in [-0.2, 0) is 4.74 Å². The van der Waals surface area contributed by atoms with Crippen LogP contribution in [0.2, 0.25) is 0 Å². The Kier molecular flexibility index (Phi) is 3.25. The molecule has 0 unspecified atom stereocenters. The standard InChI is InChI=1S/C14H18N2O4/c1-9-8-11(17)13(18)12(16(9)10-2-3-10)14(19)15-4-6-20-7-5-15/h8,10,18H,2-7H2,1H3. The van der Waals surface area contributed by atoms with Crippen LogP contribution in [0.15, 0.2) is 10.9 Å². The van der Waals surface area contributed by atoms with Crippen molar-refractivity contribution < 1.29 is 14.6 Å². The zero-order valence-corrected chi connectivity index (χ0v) is 11.5. The second-order valence-electron chi connectivity index (χ2n) is 5.35. The summed E-state index contributed by atoms with van der Waals surface area (Å²) in [5.74, 6) is -0.711. The van der Waals surface area contributed by atoms with E-state index >= 15 is 0 Å². The van der Waals surface area contributed by atoms with Gasteiger partial charge < -0.3 is 19.3 Å². The molecule has 0 bridgehead atoms. The Hall–Kier alpha value is -1.82. The molecule has 0 atom stereocenters. The fourth-order valence-corrected chi connectivity index (χ4v) is 2.66. The van der Waals surface area contributed by atoms with Gasteiger partial charge in [-0.25, -0.2) is 0 Å². The molecule has 2 fully saturated rings. The molecule has 1 aromatic rings. The lowest BCUT2D eigenvalue weighted by Gasteiger charge is -2.28. The molecule has 1 amide bonds. The van der Waals surface area contributed by atoms with E-state index in [-0.39, 0.29) is 17.6 Å². The maximum Gasteiger partial charge on any atom is 0.274 e. The second-order valence-corrected chi connectivity index (χ2v) is 5.35. The Balaban J connectivity index is 2.06. The first-order valence-electron chi connectivity index (χ1n) is 6.91. The van der Waals surface area contributed by atoms with Gasteiger partial charge in [-0.3, -0.25) is 9.59 Å². The predicted octanol–water partition coefficient (Wildman–Crippen LogP) is 0.670.